The number of rotatable bonds is 6. The van der Waals surface area contributed by atoms with Crippen molar-refractivity contribution < 1.29 is 19.1 Å². The summed E-state index contributed by atoms with van der Waals surface area (Å²) in [5.41, 5.74) is 0.451. The summed E-state index contributed by atoms with van der Waals surface area (Å²) in [5, 5.41) is 0. The Kier molecular flexibility index (Phi) is 5.99. The molecular formula is C11H15O4+. The molecule has 4 nitrogen and oxygen atoms in total. The van der Waals surface area contributed by atoms with Gasteiger partial charge in [-0.25, -0.2) is 4.79 Å². The van der Waals surface area contributed by atoms with Crippen molar-refractivity contribution in [2.45, 2.75) is 20.3 Å². The summed E-state index contributed by atoms with van der Waals surface area (Å²) in [6, 6.07) is 0. The smallest absolute Gasteiger partial charge is 0.462 e. The number of hydrogen-bond acceptors (Lipinski definition) is 4. The van der Waals surface area contributed by atoms with Crippen molar-refractivity contribution in [3.05, 3.63) is 24.3 Å². The van der Waals surface area contributed by atoms with Gasteiger partial charge in [0.15, 0.2) is 0 Å². The second-order valence-electron chi connectivity index (χ2n) is 3.09. The molecule has 0 aliphatic heterocycles. The second-order valence-corrected chi connectivity index (χ2v) is 3.09. The normalized spacial score (nSPS) is 9.13. The van der Waals surface area contributed by atoms with Crippen molar-refractivity contribution in [1.82, 2.24) is 0 Å². The summed E-state index contributed by atoms with van der Waals surface area (Å²) in [7, 11) is 0. The van der Waals surface area contributed by atoms with Crippen molar-refractivity contribution in [2.75, 3.05) is 13.2 Å². The van der Waals surface area contributed by atoms with Crippen LogP contribution in [0.3, 0.4) is 0 Å². The fourth-order valence-electron chi connectivity index (χ4n) is 0.626. The number of carbonyl (C=O) groups is 2. The molecule has 0 amide bonds. The Morgan fingerprint density at radius 2 is 1.60 bits per heavy atom. The number of carbonyl (C=O) groups excluding carboxylic acids is 2. The van der Waals surface area contributed by atoms with Crippen LogP contribution in [-0.4, -0.2) is 25.2 Å². The third-order valence-electron chi connectivity index (χ3n) is 1.43. The molecule has 0 bridgehead atoms. The van der Waals surface area contributed by atoms with Gasteiger partial charge in [-0.1, -0.05) is 6.58 Å². The quantitative estimate of drug-likeness (QED) is 0.288. The minimum Gasteiger partial charge on any atom is -0.462 e. The minimum absolute atomic E-state index is 0.105. The van der Waals surface area contributed by atoms with E-state index in [0.717, 1.165) is 0 Å². The molecule has 0 saturated heterocycles. The van der Waals surface area contributed by atoms with Gasteiger partial charge in [0.05, 0.1) is 13.2 Å². The molecule has 0 aliphatic rings. The monoisotopic (exact) mass is 211 g/mol. The lowest BCUT2D eigenvalue weighted by Gasteiger charge is -2.02. The second kappa shape index (κ2) is 6.74. The van der Waals surface area contributed by atoms with Gasteiger partial charge in [0.1, 0.15) is 6.61 Å². The molecule has 0 aromatic heterocycles. The number of hydrogen-bond donors (Lipinski definition) is 0. The van der Waals surface area contributed by atoms with E-state index in [1.54, 1.807) is 6.92 Å². The van der Waals surface area contributed by atoms with E-state index in [1.807, 2.05) is 0 Å². The van der Waals surface area contributed by atoms with Crippen LogP contribution in [-0.2, 0) is 19.1 Å². The summed E-state index contributed by atoms with van der Waals surface area (Å²) >= 11 is 0. The SMILES string of the molecule is [CH+]=C(C)C(=O)OCCCOC(=O)C(=C)C. The predicted octanol–water partition coefficient (Wildman–Crippen LogP) is 1.42. The maximum Gasteiger partial charge on any atom is 0.487 e. The Morgan fingerprint density at radius 3 is 2.00 bits per heavy atom. The molecule has 0 saturated carbocycles. The Morgan fingerprint density at radius 1 is 1.13 bits per heavy atom. The summed E-state index contributed by atoms with van der Waals surface area (Å²) in [6.45, 7) is 12.0. The van der Waals surface area contributed by atoms with Gasteiger partial charge in [-0.3, -0.25) is 0 Å². The lowest BCUT2D eigenvalue weighted by Crippen LogP contribution is -2.11. The third kappa shape index (κ3) is 6.41. The van der Waals surface area contributed by atoms with Crippen LogP contribution >= 0.6 is 0 Å². The molecule has 0 fully saturated rings. The van der Waals surface area contributed by atoms with Gasteiger partial charge in [-0.15, -0.1) is 4.79 Å². The van der Waals surface area contributed by atoms with Gasteiger partial charge in [0.2, 0.25) is 5.57 Å². The van der Waals surface area contributed by atoms with Gasteiger partial charge >= 0.3 is 11.9 Å². The van der Waals surface area contributed by atoms with Gasteiger partial charge in [-0.2, -0.15) is 0 Å². The number of ether oxygens (including phenoxy) is 2. The summed E-state index contributed by atoms with van der Waals surface area (Å²) in [6.07, 6.45) is 0.443. The largest absolute Gasteiger partial charge is 0.487 e. The van der Waals surface area contributed by atoms with E-state index in [4.69, 9.17) is 16.1 Å². The maximum atomic E-state index is 10.9. The van der Waals surface area contributed by atoms with E-state index in [1.165, 1.54) is 6.92 Å². The zero-order valence-corrected chi connectivity index (χ0v) is 9.04. The molecule has 0 radical (unpaired) electrons. The summed E-state index contributed by atoms with van der Waals surface area (Å²) in [4.78, 5) is 21.7. The zero-order valence-electron chi connectivity index (χ0n) is 9.04. The fourth-order valence-corrected chi connectivity index (χ4v) is 0.626. The summed E-state index contributed by atoms with van der Waals surface area (Å²) in [5.74, 6) is -0.982. The van der Waals surface area contributed by atoms with E-state index in [9.17, 15) is 9.59 Å². The molecule has 0 aliphatic carbocycles. The van der Waals surface area contributed by atoms with E-state index < -0.39 is 11.9 Å². The van der Waals surface area contributed by atoms with Crippen LogP contribution in [0, 0.1) is 6.58 Å². The first kappa shape index (κ1) is 13.3. The highest BCUT2D eigenvalue weighted by atomic mass is 16.5. The molecule has 0 unspecified atom stereocenters. The highest BCUT2D eigenvalue weighted by molar-refractivity contribution is 5.87. The lowest BCUT2D eigenvalue weighted by atomic mass is 10.3. The molecule has 0 spiro atoms. The van der Waals surface area contributed by atoms with E-state index >= 15 is 0 Å². The maximum absolute atomic E-state index is 10.9. The molecule has 0 heterocycles. The van der Waals surface area contributed by atoms with Gasteiger partial charge in [0.25, 0.3) is 0 Å². The first-order chi connectivity index (χ1) is 6.95. The third-order valence-corrected chi connectivity index (χ3v) is 1.43. The average molecular weight is 211 g/mol. The first-order valence-electron chi connectivity index (χ1n) is 4.54. The molecule has 0 rings (SSSR count). The van der Waals surface area contributed by atoms with Crippen molar-refractivity contribution in [2.24, 2.45) is 0 Å². The minimum atomic E-state index is -0.541. The van der Waals surface area contributed by atoms with Gasteiger partial charge in [0, 0.05) is 18.9 Å². The Bertz CT molecular complexity index is 250. The lowest BCUT2D eigenvalue weighted by molar-refractivity contribution is -0.141. The standard InChI is InChI=1S/C11H15O4/c1-8(2)10(12)14-6-5-7-15-11(13)9(3)4/h1H,3,5-7H2,2,4H3/q+1. The van der Waals surface area contributed by atoms with Gasteiger partial charge < -0.3 is 9.47 Å². The van der Waals surface area contributed by atoms with Crippen LogP contribution in [0.15, 0.2) is 17.7 Å². The molecule has 0 N–H and O–H groups in total. The van der Waals surface area contributed by atoms with Crippen LogP contribution in [0.25, 0.3) is 0 Å². The Labute approximate surface area is 89.6 Å². The predicted molar refractivity (Wildman–Crippen MR) is 54.8 cm³/mol. The Hall–Kier alpha value is -1.67. The zero-order chi connectivity index (χ0) is 11.8. The van der Waals surface area contributed by atoms with Crippen LogP contribution in [0.4, 0.5) is 0 Å². The van der Waals surface area contributed by atoms with Crippen molar-refractivity contribution in [3.8, 4) is 0 Å². The van der Waals surface area contributed by atoms with Crippen molar-refractivity contribution >= 4 is 11.9 Å². The highest BCUT2D eigenvalue weighted by Crippen LogP contribution is 1.96. The first-order valence-corrected chi connectivity index (χ1v) is 4.54. The summed E-state index contributed by atoms with van der Waals surface area (Å²) < 4.78 is 9.51. The molecule has 0 aromatic rings. The molecule has 4 heteroatoms. The molecule has 82 valence electrons. The van der Waals surface area contributed by atoms with E-state index in [0.29, 0.717) is 12.0 Å². The molecular weight excluding hydrogens is 196 g/mol. The molecule has 15 heavy (non-hydrogen) atoms. The van der Waals surface area contributed by atoms with Crippen LogP contribution in [0.5, 0.6) is 0 Å². The fraction of sp³-hybridized carbons (Fsp3) is 0.455. The van der Waals surface area contributed by atoms with Crippen LogP contribution in [0.2, 0.25) is 0 Å². The van der Waals surface area contributed by atoms with Crippen molar-refractivity contribution in [1.29, 1.82) is 0 Å². The molecule has 0 atom stereocenters. The van der Waals surface area contributed by atoms with E-state index in [-0.39, 0.29) is 18.8 Å². The topological polar surface area (TPSA) is 52.6 Å². The van der Waals surface area contributed by atoms with Crippen LogP contribution < -0.4 is 0 Å². The number of esters is 2. The van der Waals surface area contributed by atoms with Crippen molar-refractivity contribution in [3.63, 3.8) is 0 Å². The van der Waals surface area contributed by atoms with E-state index in [2.05, 4.69) is 6.58 Å². The Balaban J connectivity index is 3.48. The molecule has 0 aromatic carbocycles. The van der Waals surface area contributed by atoms with Gasteiger partial charge in [-0.05, 0) is 6.92 Å². The van der Waals surface area contributed by atoms with Crippen LogP contribution in [0.1, 0.15) is 20.3 Å². The highest BCUT2D eigenvalue weighted by Gasteiger charge is 2.14. The average Bonchev–Trinajstić information content (AvgIpc) is 2.16.